The zero-order chi connectivity index (χ0) is 16.0. The molecule has 6 heteroatoms. The highest BCUT2D eigenvalue weighted by Crippen LogP contribution is 2.28. The van der Waals surface area contributed by atoms with Crippen LogP contribution >= 0.6 is 0 Å². The van der Waals surface area contributed by atoms with Crippen molar-refractivity contribution in [2.45, 2.75) is 32.6 Å². The van der Waals surface area contributed by atoms with Crippen LogP contribution in [0.25, 0.3) is 0 Å². The maximum Gasteiger partial charge on any atom is 0.224 e. The molecule has 0 aromatic heterocycles. The van der Waals surface area contributed by atoms with Crippen LogP contribution in [0.4, 0.5) is 0 Å². The van der Waals surface area contributed by atoms with E-state index in [-0.39, 0.29) is 23.1 Å². The second-order valence-electron chi connectivity index (χ2n) is 6.71. The maximum atomic E-state index is 12.4. The fourth-order valence-electron chi connectivity index (χ4n) is 3.53. The number of methoxy groups -OCH3 is 1. The molecular formula is C16H29N3O3. The van der Waals surface area contributed by atoms with E-state index in [4.69, 9.17) is 4.74 Å². The third-order valence-corrected chi connectivity index (χ3v) is 4.99. The molecule has 0 radical (unpaired) electrons. The van der Waals surface area contributed by atoms with E-state index in [2.05, 4.69) is 10.6 Å². The summed E-state index contributed by atoms with van der Waals surface area (Å²) in [6.07, 6.45) is 3.82. The molecular weight excluding hydrogens is 282 g/mol. The van der Waals surface area contributed by atoms with Crippen LogP contribution in [0.5, 0.6) is 0 Å². The van der Waals surface area contributed by atoms with Gasteiger partial charge in [-0.2, -0.15) is 0 Å². The van der Waals surface area contributed by atoms with Gasteiger partial charge in [-0.05, 0) is 38.8 Å². The molecule has 22 heavy (non-hydrogen) atoms. The predicted molar refractivity (Wildman–Crippen MR) is 84.4 cm³/mol. The molecule has 2 rings (SSSR count). The second-order valence-corrected chi connectivity index (χ2v) is 6.71. The lowest BCUT2D eigenvalue weighted by atomic mass is 9.79. The van der Waals surface area contributed by atoms with Crippen molar-refractivity contribution in [2.24, 2.45) is 11.3 Å². The minimum atomic E-state index is -0.0704. The lowest BCUT2D eigenvalue weighted by molar-refractivity contribution is -0.134. The first-order chi connectivity index (χ1) is 10.6. The maximum absolute atomic E-state index is 12.4. The van der Waals surface area contributed by atoms with Gasteiger partial charge in [0.15, 0.2) is 0 Å². The van der Waals surface area contributed by atoms with Crippen LogP contribution in [0.15, 0.2) is 0 Å². The summed E-state index contributed by atoms with van der Waals surface area (Å²) in [6.45, 7) is 6.19. The molecule has 6 nitrogen and oxygen atoms in total. The van der Waals surface area contributed by atoms with Crippen molar-refractivity contribution in [3.8, 4) is 0 Å². The Labute approximate surface area is 132 Å². The number of hydrogen-bond donors (Lipinski definition) is 2. The van der Waals surface area contributed by atoms with Crippen LogP contribution in [0.1, 0.15) is 32.6 Å². The number of likely N-dealkylation sites (tertiary alicyclic amines) is 1. The van der Waals surface area contributed by atoms with Crippen molar-refractivity contribution in [1.82, 2.24) is 15.5 Å². The van der Waals surface area contributed by atoms with Gasteiger partial charge in [-0.25, -0.2) is 0 Å². The molecule has 1 atom stereocenters. The summed E-state index contributed by atoms with van der Waals surface area (Å²) >= 11 is 0. The van der Waals surface area contributed by atoms with Gasteiger partial charge in [-0.1, -0.05) is 0 Å². The molecule has 0 spiro atoms. The van der Waals surface area contributed by atoms with Gasteiger partial charge >= 0.3 is 0 Å². The summed E-state index contributed by atoms with van der Waals surface area (Å²) in [5.41, 5.74) is 0.0462. The minimum Gasteiger partial charge on any atom is -0.384 e. The number of ether oxygens (including phenoxy) is 1. The number of nitrogens with zero attached hydrogens (tertiary/aromatic N) is 1. The first-order valence-electron chi connectivity index (χ1n) is 8.29. The molecule has 2 heterocycles. The molecule has 0 bridgehead atoms. The van der Waals surface area contributed by atoms with Crippen LogP contribution in [-0.4, -0.2) is 63.2 Å². The number of amides is 2. The fourth-order valence-corrected chi connectivity index (χ4v) is 3.53. The zero-order valence-corrected chi connectivity index (χ0v) is 13.8. The summed E-state index contributed by atoms with van der Waals surface area (Å²) < 4.78 is 5.38. The van der Waals surface area contributed by atoms with E-state index < -0.39 is 0 Å². The highest BCUT2D eigenvalue weighted by molar-refractivity contribution is 5.80. The van der Waals surface area contributed by atoms with Gasteiger partial charge in [0, 0.05) is 39.1 Å². The molecule has 0 aromatic carbocycles. The number of carbonyl (C=O) groups is 2. The van der Waals surface area contributed by atoms with Gasteiger partial charge in [-0.15, -0.1) is 0 Å². The summed E-state index contributed by atoms with van der Waals surface area (Å²) in [7, 11) is 1.72. The summed E-state index contributed by atoms with van der Waals surface area (Å²) in [4.78, 5) is 25.7. The first-order valence-corrected chi connectivity index (χ1v) is 8.29. The van der Waals surface area contributed by atoms with Crippen LogP contribution in [0, 0.1) is 11.3 Å². The van der Waals surface area contributed by atoms with Gasteiger partial charge in [0.1, 0.15) is 0 Å². The molecule has 1 unspecified atom stereocenters. The van der Waals surface area contributed by atoms with Gasteiger partial charge in [0.25, 0.3) is 0 Å². The molecule has 0 saturated carbocycles. The van der Waals surface area contributed by atoms with Crippen LogP contribution in [-0.2, 0) is 14.3 Å². The molecule has 126 valence electrons. The molecule has 0 aromatic rings. The fraction of sp³-hybridized carbons (Fsp3) is 0.875. The predicted octanol–water partition coefficient (Wildman–Crippen LogP) is 0.377. The van der Waals surface area contributed by atoms with E-state index in [0.29, 0.717) is 19.7 Å². The monoisotopic (exact) mass is 311 g/mol. The van der Waals surface area contributed by atoms with Crippen LogP contribution < -0.4 is 10.6 Å². The van der Waals surface area contributed by atoms with Gasteiger partial charge in [0.05, 0.1) is 12.5 Å². The van der Waals surface area contributed by atoms with E-state index in [1.807, 2.05) is 0 Å². The van der Waals surface area contributed by atoms with E-state index >= 15 is 0 Å². The topological polar surface area (TPSA) is 70.7 Å². The molecule has 2 N–H and O–H groups in total. The SMILES string of the molecule is COCC1(CNC(=O)C2CCCN(C(C)=O)C2)CCNCC1. The normalized spacial score (nSPS) is 24.8. The van der Waals surface area contributed by atoms with E-state index in [9.17, 15) is 9.59 Å². The number of hydrogen-bond acceptors (Lipinski definition) is 4. The average molecular weight is 311 g/mol. The van der Waals surface area contributed by atoms with Crippen molar-refractivity contribution in [2.75, 3.05) is 46.4 Å². The van der Waals surface area contributed by atoms with E-state index in [1.54, 1.807) is 18.9 Å². The van der Waals surface area contributed by atoms with Gasteiger partial charge in [-0.3, -0.25) is 9.59 Å². The average Bonchev–Trinajstić information content (AvgIpc) is 2.54. The van der Waals surface area contributed by atoms with Crippen molar-refractivity contribution >= 4 is 11.8 Å². The smallest absolute Gasteiger partial charge is 0.224 e. The molecule has 2 saturated heterocycles. The Bertz CT molecular complexity index is 389. The standard InChI is InChI=1S/C16H29N3O3/c1-13(20)19-9-3-4-14(10-19)15(21)18-11-16(12-22-2)5-7-17-8-6-16/h14,17H,3-12H2,1-2H3,(H,18,21). The first kappa shape index (κ1) is 17.2. The van der Waals surface area contributed by atoms with Gasteiger partial charge in [0.2, 0.25) is 11.8 Å². The second kappa shape index (κ2) is 7.92. The highest BCUT2D eigenvalue weighted by atomic mass is 16.5. The number of carbonyl (C=O) groups excluding carboxylic acids is 2. The highest BCUT2D eigenvalue weighted by Gasteiger charge is 2.34. The van der Waals surface area contributed by atoms with E-state index in [0.717, 1.165) is 45.3 Å². The third kappa shape index (κ3) is 4.43. The molecule has 2 fully saturated rings. The number of nitrogens with one attached hydrogen (secondary N) is 2. The van der Waals surface area contributed by atoms with Crippen LogP contribution in [0.2, 0.25) is 0 Å². The van der Waals surface area contributed by atoms with Crippen LogP contribution in [0.3, 0.4) is 0 Å². The third-order valence-electron chi connectivity index (χ3n) is 4.99. The number of rotatable bonds is 5. The lowest BCUT2D eigenvalue weighted by Gasteiger charge is -2.38. The van der Waals surface area contributed by atoms with E-state index in [1.165, 1.54) is 0 Å². The molecule has 2 aliphatic rings. The minimum absolute atomic E-state index is 0.0462. The van der Waals surface area contributed by atoms with Crippen molar-refractivity contribution in [1.29, 1.82) is 0 Å². The Morgan fingerprint density at radius 2 is 2.09 bits per heavy atom. The Balaban J connectivity index is 1.86. The molecule has 2 amide bonds. The molecule has 2 aliphatic heterocycles. The summed E-state index contributed by atoms with van der Waals surface area (Å²) in [6, 6.07) is 0. The number of piperidine rings is 2. The van der Waals surface area contributed by atoms with Crippen molar-refractivity contribution in [3.05, 3.63) is 0 Å². The van der Waals surface area contributed by atoms with Gasteiger partial charge < -0.3 is 20.3 Å². The Kier molecular flexibility index (Phi) is 6.20. The Hall–Kier alpha value is -1.14. The summed E-state index contributed by atoms with van der Waals surface area (Å²) in [5, 5.41) is 6.48. The zero-order valence-electron chi connectivity index (χ0n) is 13.8. The Morgan fingerprint density at radius 3 is 2.73 bits per heavy atom. The van der Waals surface area contributed by atoms with Crippen molar-refractivity contribution in [3.63, 3.8) is 0 Å². The quantitative estimate of drug-likeness (QED) is 0.770. The largest absolute Gasteiger partial charge is 0.384 e. The Morgan fingerprint density at radius 1 is 1.36 bits per heavy atom. The van der Waals surface area contributed by atoms with Crippen molar-refractivity contribution < 1.29 is 14.3 Å². The summed E-state index contributed by atoms with van der Waals surface area (Å²) in [5.74, 6) is 0.0747. The molecule has 0 aliphatic carbocycles. The lowest BCUT2D eigenvalue weighted by Crippen LogP contribution is -2.50.